The van der Waals surface area contributed by atoms with Crippen molar-refractivity contribution < 1.29 is 13.9 Å². The third kappa shape index (κ3) is 3.93. The van der Waals surface area contributed by atoms with Crippen LogP contribution in [-0.2, 0) is 6.42 Å². The Labute approximate surface area is 166 Å². The van der Waals surface area contributed by atoms with E-state index in [1.165, 1.54) is 0 Å². The summed E-state index contributed by atoms with van der Waals surface area (Å²) in [6.07, 6.45) is 2.11. The molecule has 148 valence electrons. The van der Waals surface area contributed by atoms with Crippen molar-refractivity contribution in [1.82, 2.24) is 29.9 Å². The zero-order valence-electron chi connectivity index (χ0n) is 16.3. The number of aromatic nitrogens is 5. The van der Waals surface area contributed by atoms with Crippen molar-refractivity contribution in [2.75, 3.05) is 13.7 Å². The molecule has 0 spiro atoms. The Kier molecular flexibility index (Phi) is 4.94. The largest absolute Gasteiger partial charge is 0.497 e. The normalized spacial score (nSPS) is 11.0. The van der Waals surface area contributed by atoms with E-state index in [4.69, 9.17) is 9.15 Å². The lowest BCUT2D eigenvalue weighted by molar-refractivity contribution is 0.0924. The number of hydrogen-bond acceptors (Lipinski definition) is 7. The van der Waals surface area contributed by atoms with Crippen molar-refractivity contribution in [3.05, 3.63) is 59.8 Å². The Morgan fingerprint density at radius 2 is 2.00 bits per heavy atom. The van der Waals surface area contributed by atoms with Gasteiger partial charge in [-0.3, -0.25) is 4.79 Å². The second-order valence-electron chi connectivity index (χ2n) is 6.49. The molecule has 0 saturated heterocycles. The average Bonchev–Trinajstić information content (AvgIpc) is 3.29. The molecule has 0 bridgehead atoms. The molecule has 0 atom stereocenters. The van der Waals surface area contributed by atoms with Crippen LogP contribution in [0.15, 0.2) is 41.1 Å². The average molecular weight is 392 g/mol. The van der Waals surface area contributed by atoms with Gasteiger partial charge in [0.2, 0.25) is 5.76 Å². The maximum absolute atomic E-state index is 12.2. The van der Waals surface area contributed by atoms with Gasteiger partial charge in [-0.25, -0.2) is 19.5 Å². The molecule has 0 aliphatic rings. The Morgan fingerprint density at radius 3 is 2.69 bits per heavy atom. The number of ether oxygens (including phenoxy) is 1. The van der Waals surface area contributed by atoms with Gasteiger partial charge in [0.25, 0.3) is 5.91 Å². The first-order valence-electron chi connectivity index (χ1n) is 9.11. The molecule has 4 rings (SSSR count). The van der Waals surface area contributed by atoms with Gasteiger partial charge < -0.3 is 14.5 Å². The minimum atomic E-state index is -0.296. The van der Waals surface area contributed by atoms with Gasteiger partial charge in [0.15, 0.2) is 17.4 Å². The highest BCUT2D eigenvalue weighted by Crippen LogP contribution is 2.21. The third-order valence-corrected chi connectivity index (χ3v) is 4.40. The zero-order chi connectivity index (χ0) is 20.4. The highest BCUT2D eigenvalue weighted by atomic mass is 16.5. The minimum Gasteiger partial charge on any atom is -0.497 e. The van der Waals surface area contributed by atoms with Gasteiger partial charge in [0, 0.05) is 31.5 Å². The fourth-order valence-corrected chi connectivity index (χ4v) is 2.98. The van der Waals surface area contributed by atoms with Gasteiger partial charge in [-0.05, 0) is 31.2 Å². The lowest BCUT2D eigenvalue weighted by atomic mass is 10.1. The van der Waals surface area contributed by atoms with E-state index in [-0.39, 0.29) is 11.7 Å². The Balaban J connectivity index is 1.43. The molecule has 29 heavy (non-hydrogen) atoms. The molecule has 0 aliphatic heterocycles. The standard InChI is InChI=1S/C20H20N6O3/c1-12-19(29-13(2)23-12)20(27)21-9-8-17-24-18-10-16(22-11-26(18)25-17)14-4-6-15(28-3)7-5-14/h4-7,10-11H,8-9H2,1-3H3,(H,21,27). The van der Waals surface area contributed by atoms with Gasteiger partial charge in [0.1, 0.15) is 12.1 Å². The summed E-state index contributed by atoms with van der Waals surface area (Å²) in [5.74, 6) is 1.81. The molecular formula is C20H20N6O3. The second kappa shape index (κ2) is 7.70. The predicted octanol–water partition coefficient (Wildman–Crippen LogP) is 2.38. The van der Waals surface area contributed by atoms with Gasteiger partial charge in [-0.2, -0.15) is 0 Å². The Bertz CT molecular complexity index is 1160. The van der Waals surface area contributed by atoms with Crippen LogP contribution in [0.25, 0.3) is 16.9 Å². The van der Waals surface area contributed by atoms with Crippen LogP contribution in [-0.4, -0.2) is 44.1 Å². The molecular weight excluding hydrogens is 372 g/mol. The molecule has 0 unspecified atom stereocenters. The molecule has 1 N–H and O–H groups in total. The van der Waals surface area contributed by atoms with Crippen LogP contribution in [0.1, 0.15) is 28.0 Å². The number of hydrogen-bond donors (Lipinski definition) is 1. The summed E-state index contributed by atoms with van der Waals surface area (Å²) in [5.41, 5.74) is 3.02. The van der Waals surface area contributed by atoms with E-state index in [0.717, 1.165) is 17.0 Å². The van der Waals surface area contributed by atoms with Crippen molar-refractivity contribution in [2.24, 2.45) is 0 Å². The van der Waals surface area contributed by atoms with Crippen molar-refractivity contribution >= 4 is 11.6 Å². The number of fused-ring (bicyclic) bond motifs is 1. The molecule has 0 radical (unpaired) electrons. The first-order chi connectivity index (χ1) is 14.0. The molecule has 0 aliphatic carbocycles. The number of methoxy groups -OCH3 is 1. The van der Waals surface area contributed by atoms with Gasteiger partial charge in [-0.1, -0.05) is 0 Å². The Morgan fingerprint density at radius 1 is 1.21 bits per heavy atom. The summed E-state index contributed by atoms with van der Waals surface area (Å²) in [5, 5.41) is 7.21. The molecule has 0 saturated carbocycles. The summed E-state index contributed by atoms with van der Waals surface area (Å²) >= 11 is 0. The van der Waals surface area contributed by atoms with E-state index in [9.17, 15) is 4.79 Å². The van der Waals surface area contributed by atoms with E-state index in [1.807, 2.05) is 30.3 Å². The van der Waals surface area contributed by atoms with Crippen LogP contribution in [0.3, 0.4) is 0 Å². The van der Waals surface area contributed by atoms with Crippen LogP contribution in [0, 0.1) is 13.8 Å². The fourth-order valence-electron chi connectivity index (χ4n) is 2.98. The summed E-state index contributed by atoms with van der Waals surface area (Å²) in [7, 11) is 1.63. The summed E-state index contributed by atoms with van der Waals surface area (Å²) in [6.45, 7) is 3.83. The summed E-state index contributed by atoms with van der Waals surface area (Å²) in [6, 6.07) is 9.53. The fraction of sp³-hybridized carbons (Fsp3) is 0.250. The number of rotatable bonds is 6. The Hall–Kier alpha value is -3.75. The minimum absolute atomic E-state index is 0.235. The number of amides is 1. The van der Waals surface area contributed by atoms with E-state index in [1.54, 1.807) is 31.8 Å². The molecule has 9 heteroatoms. The lowest BCUT2D eigenvalue weighted by Crippen LogP contribution is -2.26. The van der Waals surface area contributed by atoms with Gasteiger partial charge in [-0.15, -0.1) is 5.10 Å². The highest BCUT2D eigenvalue weighted by Gasteiger charge is 2.15. The van der Waals surface area contributed by atoms with Crippen molar-refractivity contribution in [3.63, 3.8) is 0 Å². The van der Waals surface area contributed by atoms with Crippen molar-refractivity contribution in [3.8, 4) is 17.0 Å². The van der Waals surface area contributed by atoms with E-state index in [0.29, 0.717) is 36.0 Å². The monoisotopic (exact) mass is 392 g/mol. The maximum Gasteiger partial charge on any atom is 0.289 e. The number of aryl methyl sites for hydroxylation is 2. The van der Waals surface area contributed by atoms with Crippen LogP contribution < -0.4 is 10.1 Å². The number of carbonyl (C=O) groups is 1. The maximum atomic E-state index is 12.2. The molecule has 1 amide bonds. The van der Waals surface area contributed by atoms with E-state index >= 15 is 0 Å². The van der Waals surface area contributed by atoms with Crippen LogP contribution in [0.2, 0.25) is 0 Å². The number of nitrogens with zero attached hydrogens (tertiary/aromatic N) is 5. The number of oxazole rings is 1. The molecule has 1 aromatic carbocycles. The molecule has 3 aromatic heterocycles. The molecule has 0 fully saturated rings. The van der Waals surface area contributed by atoms with Crippen LogP contribution >= 0.6 is 0 Å². The molecule has 3 heterocycles. The lowest BCUT2D eigenvalue weighted by Gasteiger charge is -2.02. The SMILES string of the molecule is COc1ccc(-c2cc3nc(CCNC(=O)c4oc(C)nc4C)nn3cn2)cc1. The van der Waals surface area contributed by atoms with Crippen LogP contribution in [0.5, 0.6) is 5.75 Å². The highest BCUT2D eigenvalue weighted by molar-refractivity contribution is 5.92. The quantitative estimate of drug-likeness (QED) is 0.537. The van der Waals surface area contributed by atoms with E-state index < -0.39 is 0 Å². The van der Waals surface area contributed by atoms with Crippen LogP contribution in [0.4, 0.5) is 0 Å². The molecule has 9 nitrogen and oxygen atoms in total. The number of carbonyl (C=O) groups excluding carboxylic acids is 1. The number of benzene rings is 1. The van der Waals surface area contributed by atoms with Gasteiger partial charge in [0.05, 0.1) is 18.5 Å². The van der Waals surface area contributed by atoms with Crippen molar-refractivity contribution in [2.45, 2.75) is 20.3 Å². The van der Waals surface area contributed by atoms with Gasteiger partial charge >= 0.3 is 0 Å². The zero-order valence-corrected chi connectivity index (χ0v) is 16.3. The smallest absolute Gasteiger partial charge is 0.289 e. The third-order valence-electron chi connectivity index (χ3n) is 4.40. The predicted molar refractivity (Wildman–Crippen MR) is 105 cm³/mol. The first kappa shape index (κ1) is 18.6. The van der Waals surface area contributed by atoms with Crippen molar-refractivity contribution in [1.29, 1.82) is 0 Å². The second-order valence-corrected chi connectivity index (χ2v) is 6.49. The topological polar surface area (TPSA) is 107 Å². The first-order valence-corrected chi connectivity index (χ1v) is 9.11. The molecule has 4 aromatic rings. The van der Waals surface area contributed by atoms with E-state index in [2.05, 4.69) is 25.4 Å². The summed E-state index contributed by atoms with van der Waals surface area (Å²) in [4.78, 5) is 25.2. The number of nitrogens with one attached hydrogen (secondary N) is 1. The summed E-state index contributed by atoms with van der Waals surface area (Å²) < 4.78 is 12.1.